The Bertz CT molecular complexity index is 143. The molecule has 0 unspecified atom stereocenters. The number of allylic oxidation sites excluding steroid dienone is 4. The molecule has 1 nitrogen and oxygen atoms in total. The van der Waals surface area contributed by atoms with Gasteiger partial charge in [0.2, 0.25) is 0 Å². The second-order valence-electron chi connectivity index (χ2n) is 2.02. The fourth-order valence-corrected chi connectivity index (χ4v) is 0.461. The molecule has 0 rings (SSSR count). The first-order chi connectivity index (χ1) is 4.81. The first kappa shape index (κ1) is 9.02. The SMILES string of the molecule is C=C(/C=C\C=C/NC)CC. The zero-order valence-corrected chi connectivity index (χ0v) is 6.72. The molecule has 0 radical (unpaired) electrons. The summed E-state index contributed by atoms with van der Waals surface area (Å²) < 4.78 is 0. The highest BCUT2D eigenvalue weighted by atomic mass is 14.8. The molecular weight excluding hydrogens is 122 g/mol. The van der Waals surface area contributed by atoms with Gasteiger partial charge in [-0.15, -0.1) is 0 Å². The summed E-state index contributed by atoms with van der Waals surface area (Å²) in [5.41, 5.74) is 1.15. The lowest BCUT2D eigenvalue weighted by Gasteiger charge is -1.87. The van der Waals surface area contributed by atoms with E-state index in [4.69, 9.17) is 0 Å². The van der Waals surface area contributed by atoms with E-state index in [1.807, 2.05) is 31.5 Å². The van der Waals surface area contributed by atoms with Gasteiger partial charge >= 0.3 is 0 Å². The second kappa shape index (κ2) is 6.14. The monoisotopic (exact) mass is 137 g/mol. The average Bonchev–Trinajstić information content (AvgIpc) is 1.98. The minimum atomic E-state index is 1.02. The molecule has 56 valence electrons. The molecule has 0 heterocycles. The van der Waals surface area contributed by atoms with E-state index in [2.05, 4.69) is 18.8 Å². The van der Waals surface area contributed by atoms with Crippen molar-refractivity contribution in [2.75, 3.05) is 7.05 Å². The highest BCUT2D eigenvalue weighted by Crippen LogP contribution is 1.96. The van der Waals surface area contributed by atoms with Crippen LogP contribution in [-0.4, -0.2) is 7.05 Å². The predicted octanol–water partition coefficient (Wildman–Crippen LogP) is 2.24. The highest BCUT2D eigenvalue weighted by Gasteiger charge is 1.76. The van der Waals surface area contributed by atoms with Crippen molar-refractivity contribution in [3.8, 4) is 0 Å². The van der Waals surface area contributed by atoms with E-state index in [1.54, 1.807) is 0 Å². The summed E-state index contributed by atoms with van der Waals surface area (Å²) in [6, 6.07) is 0. The predicted molar refractivity (Wildman–Crippen MR) is 46.8 cm³/mol. The fourth-order valence-electron chi connectivity index (χ4n) is 0.461. The summed E-state index contributed by atoms with van der Waals surface area (Å²) in [5, 5.41) is 2.90. The van der Waals surface area contributed by atoms with Gasteiger partial charge in [0.1, 0.15) is 0 Å². The summed E-state index contributed by atoms with van der Waals surface area (Å²) in [6.45, 7) is 5.92. The van der Waals surface area contributed by atoms with E-state index in [0.29, 0.717) is 0 Å². The van der Waals surface area contributed by atoms with Crippen molar-refractivity contribution >= 4 is 0 Å². The first-order valence-electron chi connectivity index (χ1n) is 3.49. The Morgan fingerprint density at radius 3 is 2.70 bits per heavy atom. The molecule has 10 heavy (non-hydrogen) atoms. The van der Waals surface area contributed by atoms with E-state index in [0.717, 1.165) is 12.0 Å². The summed E-state index contributed by atoms with van der Waals surface area (Å²) in [7, 11) is 1.87. The zero-order chi connectivity index (χ0) is 7.82. The van der Waals surface area contributed by atoms with Gasteiger partial charge < -0.3 is 5.32 Å². The van der Waals surface area contributed by atoms with Gasteiger partial charge in [-0.3, -0.25) is 0 Å². The van der Waals surface area contributed by atoms with Crippen LogP contribution in [0.25, 0.3) is 0 Å². The van der Waals surface area contributed by atoms with Crippen molar-refractivity contribution < 1.29 is 0 Å². The van der Waals surface area contributed by atoms with Crippen LogP contribution in [-0.2, 0) is 0 Å². The zero-order valence-electron chi connectivity index (χ0n) is 6.72. The Hall–Kier alpha value is -0.980. The van der Waals surface area contributed by atoms with Crippen molar-refractivity contribution in [2.24, 2.45) is 0 Å². The molecule has 0 amide bonds. The van der Waals surface area contributed by atoms with Gasteiger partial charge in [-0.05, 0) is 18.7 Å². The number of hydrogen-bond donors (Lipinski definition) is 1. The van der Waals surface area contributed by atoms with Crippen molar-refractivity contribution in [2.45, 2.75) is 13.3 Å². The minimum absolute atomic E-state index is 1.02. The van der Waals surface area contributed by atoms with Gasteiger partial charge in [0.25, 0.3) is 0 Å². The maximum absolute atomic E-state index is 3.83. The molecule has 0 spiro atoms. The summed E-state index contributed by atoms with van der Waals surface area (Å²) in [5.74, 6) is 0. The van der Waals surface area contributed by atoms with Crippen LogP contribution < -0.4 is 5.32 Å². The van der Waals surface area contributed by atoms with Gasteiger partial charge in [-0.1, -0.05) is 31.2 Å². The van der Waals surface area contributed by atoms with Gasteiger partial charge in [-0.2, -0.15) is 0 Å². The van der Waals surface area contributed by atoms with Crippen LogP contribution in [0, 0.1) is 0 Å². The topological polar surface area (TPSA) is 12.0 Å². The van der Waals surface area contributed by atoms with Crippen LogP contribution in [0.4, 0.5) is 0 Å². The van der Waals surface area contributed by atoms with Crippen molar-refractivity contribution in [3.05, 3.63) is 36.6 Å². The third kappa shape index (κ3) is 5.16. The minimum Gasteiger partial charge on any atom is -0.394 e. The second-order valence-corrected chi connectivity index (χ2v) is 2.02. The van der Waals surface area contributed by atoms with E-state index in [9.17, 15) is 0 Å². The smallest absolute Gasteiger partial charge is 0.00277 e. The molecule has 1 N–H and O–H groups in total. The third-order valence-electron chi connectivity index (χ3n) is 1.16. The van der Waals surface area contributed by atoms with Crippen LogP contribution in [0.15, 0.2) is 36.6 Å². The molecule has 0 aromatic heterocycles. The molecule has 0 saturated carbocycles. The molecule has 0 fully saturated rings. The van der Waals surface area contributed by atoms with Crippen LogP contribution in [0.5, 0.6) is 0 Å². The van der Waals surface area contributed by atoms with Crippen LogP contribution in [0.1, 0.15) is 13.3 Å². The quantitative estimate of drug-likeness (QED) is 0.586. The van der Waals surface area contributed by atoms with Crippen LogP contribution in [0.3, 0.4) is 0 Å². The Balaban J connectivity index is 3.55. The summed E-state index contributed by atoms with van der Waals surface area (Å²) in [6.07, 6.45) is 8.82. The van der Waals surface area contributed by atoms with Crippen molar-refractivity contribution in [3.63, 3.8) is 0 Å². The van der Waals surface area contributed by atoms with Gasteiger partial charge in [-0.25, -0.2) is 0 Å². The largest absolute Gasteiger partial charge is 0.394 e. The van der Waals surface area contributed by atoms with E-state index >= 15 is 0 Å². The Kier molecular flexibility index (Phi) is 5.54. The molecular formula is C9H15N. The summed E-state index contributed by atoms with van der Waals surface area (Å²) >= 11 is 0. The lowest BCUT2D eigenvalue weighted by atomic mass is 10.2. The maximum atomic E-state index is 3.83. The van der Waals surface area contributed by atoms with Crippen LogP contribution in [0.2, 0.25) is 0 Å². The van der Waals surface area contributed by atoms with Gasteiger partial charge in [0.05, 0.1) is 0 Å². The molecule has 0 aliphatic carbocycles. The van der Waals surface area contributed by atoms with Crippen molar-refractivity contribution in [1.82, 2.24) is 5.32 Å². The van der Waals surface area contributed by atoms with Gasteiger partial charge in [0.15, 0.2) is 0 Å². The van der Waals surface area contributed by atoms with E-state index < -0.39 is 0 Å². The normalized spacial score (nSPS) is 11.0. The molecule has 0 aliphatic heterocycles. The third-order valence-corrected chi connectivity index (χ3v) is 1.16. The molecule has 1 heteroatoms. The van der Waals surface area contributed by atoms with Crippen LogP contribution >= 0.6 is 0 Å². The molecule has 0 aromatic rings. The molecule has 0 bridgehead atoms. The lowest BCUT2D eigenvalue weighted by Crippen LogP contribution is -1.89. The Morgan fingerprint density at radius 1 is 1.50 bits per heavy atom. The molecule has 0 aliphatic rings. The Labute approximate surface area is 63.1 Å². The molecule has 0 saturated heterocycles. The lowest BCUT2D eigenvalue weighted by molar-refractivity contribution is 1.10. The Morgan fingerprint density at radius 2 is 2.20 bits per heavy atom. The molecule has 0 aromatic carbocycles. The average molecular weight is 137 g/mol. The number of nitrogens with one attached hydrogen (secondary N) is 1. The van der Waals surface area contributed by atoms with Crippen molar-refractivity contribution in [1.29, 1.82) is 0 Å². The van der Waals surface area contributed by atoms with E-state index in [-0.39, 0.29) is 0 Å². The maximum Gasteiger partial charge on any atom is 0.00277 e. The molecule has 0 atom stereocenters. The fraction of sp³-hybridized carbons (Fsp3) is 0.333. The number of hydrogen-bond acceptors (Lipinski definition) is 1. The standard InChI is InChI=1S/C9H15N/c1-4-9(2)7-5-6-8-10-3/h5-8,10H,2,4H2,1,3H3/b7-5-,8-6-. The summed E-state index contributed by atoms with van der Waals surface area (Å²) in [4.78, 5) is 0. The number of rotatable bonds is 4. The van der Waals surface area contributed by atoms with E-state index in [1.165, 1.54) is 0 Å². The van der Waals surface area contributed by atoms with Gasteiger partial charge in [0, 0.05) is 7.05 Å². The first-order valence-corrected chi connectivity index (χ1v) is 3.49. The highest BCUT2D eigenvalue weighted by molar-refractivity contribution is 5.18.